The van der Waals surface area contributed by atoms with Crippen molar-refractivity contribution in [2.45, 2.75) is 58.7 Å². The van der Waals surface area contributed by atoms with E-state index in [0.717, 1.165) is 16.7 Å². The SMILES string of the molecule is Cc1ccccc1C(C(=O)Nc1c(C)cccc1Cl)N(C)C(=O)C(Cc1ccccc1)NC(=O)OC(C)(C)C. The predicted octanol–water partition coefficient (Wildman–Crippen LogP) is 6.23. The first kappa shape index (κ1) is 29.7. The van der Waals surface area contributed by atoms with Gasteiger partial charge in [0.05, 0.1) is 10.7 Å². The zero-order valence-corrected chi connectivity index (χ0v) is 24.0. The van der Waals surface area contributed by atoms with Crippen LogP contribution in [0.3, 0.4) is 0 Å². The molecule has 2 atom stereocenters. The molecule has 2 unspecified atom stereocenters. The van der Waals surface area contributed by atoms with Crippen molar-refractivity contribution in [1.29, 1.82) is 0 Å². The summed E-state index contributed by atoms with van der Waals surface area (Å²) in [6.45, 7) is 8.99. The lowest BCUT2D eigenvalue weighted by Crippen LogP contribution is -2.52. The maximum atomic E-state index is 14.0. The topological polar surface area (TPSA) is 87.7 Å². The van der Waals surface area contributed by atoms with Crippen LogP contribution in [0, 0.1) is 13.8 Å². The van der Waals surface area contributed by atoms with Gasteiger partial charge in [0.2, 0.25) is 5.91 Å². The molecule has 0 saturated heterocycles. The van der Waals surface area contributed by atoms with Crippen LogP contribution in [-0.4, -0.2) is 41.5 Å². The molecule has 3 rings (SSSR count). The number of halogens is 1. The minimum absolute atomic E-state index is 0.217. The van der Waals surface area contributed by atoms with Crippen molar-refractivity contribution in [3.8, 4) is 0 Å². The number of ether oxygens (including phenoxy) is 1. The summed E-state index contributed by atoms with van der Waals surface area (Å²) in [7, 11) is 1.56. The van der Waals surface area contributed by atoms with Crippen molar-refractivity contribution in [3.05, 3.63) is 100 Å². The number of anilines is 1. The van der Waals surface area contributed by atoms with Crippen molar-refractivity contribution < 1.29 is 19.1 Å². The molecule has 3 aromatic carbocycles. The van der Waals surface area contributed by atoms with Gasteiger partial charge in [0.15, 0.2) is 0 Å². The quantitative estimate of drug-likeness (QED) is 0.348. The fourth-order valence-electron chi connectivity index (χ4n) is 4.27. The first-order valence-electron chi connectivity index (χ1n) is 12.8. The zero-order valence-electron chi connectivity index (χ0n) is 23.2. The lowest BCUT2D eigenvalue weighted by atomic mass is 9.97. The first-order valence-corrected chi connectivity index (χ1v) is 13.2. The molecule has 0 spiro atoms. The number of para-hydroxylation sites is 1. The molecule has 0 bridgehead atoms. The van der Waals surface area contributed by atoms with E-state index >= 15 is 0 Å². The van der Waals surface area contributed by atoms with Crippen LogP contribution < -0.4 is 10.6 Å². The van der Waals surface area contributed by atoms with E-state index in [9.17, 15) is 14.4 Å². The van der Waals surface area contributed by atoms with E-state index in [1.54, 1.807) is 40.0 Å². The zero-order chi connectivity index (χ0) is 28.7. The molecule has 0 aliphatic carbocycles. The molecule has 39 heavy (non-hydrogen) atoms. The van der Waals surface area contributed by atoms with Gasteiger partial charge in [0.25, 0.3) is 5.91 Å². The standard InChI is InChI=1S/C31H36ClN3O4/c1-20-13-10-11-17-23(20)27(28(36)34-26-21(2)14-12-18-24(26)32)35(6)29(37)25(19-22-15-8-7-9-16-22)33-30(38)39-31(3,4)5/h7-18,25,27H,19H2,1-6H3,(H,33,38)(H,34,36). The minimum atomic E-state index is -0.993. The maximum absolute atomic E-state index is 14.0. The molecule has 2 N–H and O–H groups in total. The van der Waals surface area contributed by atoms with E-state index in [4.69, 9.17) is 16.3 Å². The maximum Gasteiger partial charge on any atom is 0.408 e. The van der Waals surface area contributed by atoms with Crippen LogP contribution in [0.1, 0.15) is 49.1 Å². The number of aryl methyl sites for hydroxylation is 2. The second-order valence-electron chi connectivity index (χ2n) is 10.5. The van der Waals surface area contributed by atoms with Crippen molar-refractivity contribution in [3.63, 3.8) is 0 Å². The Hall–Kier alpha value is -3.84. The molecule has 8 heteroatoms. The average molecular weight is 550 g/mol. The molecular weight excluding hydrogens is 514 g/mol. The van der Waals surface area contributed by atoms with E-state index in [1.165, 1.54) is 4.90 Å². The summed E-state index contributed by atoms with van der Waals surface area (Å²) in [5.74, 6) is -0.865. The van der Waals surface area contributed by atoms with Gasteiger partial charge in [-0.15, -0.1) is 0 Å². The van der Waals surface area contributed by atoms with Crippen LogP contribution in [0.15, 0.2) is 72.8 Å². The Morgan fingerprint density at radius 2 is 1.51 bits per heavy atom. The summed E-state index contributed by atoms with van der Waals surface area (Å²) in [6, 6.07) is 20.1. The van der Waals surface area contributed by atoms with Crippen LogP contribution in [0.25, 0.3) is 0 Å². The second-order valence-corrected chi connectivity index (χ2v) is 10.9. The summed E-state index contributed by atoms with van der Waals surface area (Å²) in [4.78, 5) is 41.9. The van der Waals surface area contributed by atoms with Crippen molar-refractivity contribution in [2.75, 3.05) is 12.4 Å². The van der Waals surface area contributed by atoms with E-state index in [2.05, 4.69) is 10.6 Å². The van der Waals surface area contributed by atoms with E-state index in [0.29, 0.717) is 16.3 Å². The Morgan fingerprint density at radius 3 is 2.13 bits per heavy atom. The molecule has 0 aromatic heterocycles. The fourth-order valence-corrected chi connectivity index (χ4v) is 4.54. The van der Waals surface area contributed by atoms with Gasteiger partial charge in [-0.25, -0.2) is 4.79 Å². The summed E-state index contributed by atoms with van der Waals surface area (Å²) >= 11 is 6.39. The number of carbonyl (C=O) groups is 3. The third-order valence-corrected chi connectivity index (χ3v) is 6.52. The van der Waals surface area contributed by atoms with Gasteiger partial charge in [-0.2, -0.15) is 0 Å². The third kappa shape index (κ3) is 8.07. The Labute approximate surface area is 235 Å². The van der Waals surface area contributed by atoms with Crippen molar-refractivity contribution >= 4 is 35.2 Å². The van der Waals surface area contributed by atoms with Gasteiger partial charge in [-0.1, -0.05) is 78.3 Å². The highest BCUT2D eigenvalue weighted by atomic mass is 35.5. The number of nitrogens with zero attached hydrogens (tertiary/aromatic N) is 1. The smallest absolute Gasteiger partial charge is 0.408 e. The summed E-state index contributed by atoms with van der Waals surface area (Å²) in [5, 5.41) is 6.05. The van der Waals surface area contributed by atoms with Gasteiger partial charge in [0.1, 0.15) is 17.7 Å². The number of hydrogen-bond acceptors (Lipinski definition) is 4. The monoisotopic (exact) mass is 549 g/mol. The number of hydrogen-bond donors (Lipinski definition) is 2. The van der Waals surface area contributed by atoms with Gasteiger partial charge >= 0.3 is 6.09 Å². The van der Waals surface area contributed by atoms with Gasteiger partial charge < -0.3 is 20.3 Å². The fraction of sp³-hybridized carbons (Fsp3) is 0.323. The van der Waals surface area contributed by atoms with E-state index < -0.39 is 35.6 Å². The Balaban J connectivity index is 1.98. The number of alkyl carbamates (subject to hydrolysis) is 1. The Morgan fingerprint density at radius 1 is 0.897 bits per heavy atom. The molecule has 0 aliphatic rings. The predicted molar refractivity (Wildman–Crippen MR) is 155 cm³/mol. The van der Waals surface area contributed by atoms with Crippen LogP contribution in [0.5, 0.6) is 0 Å². The van der Waals surface area contributed by atoms with Crippen molar-refractivity contribution in [2.24, 2.45) is 0 Å². The molecule has 7 nitrogen and oxygen atoms in total. The van der Waals surface area contributed by atoms with E-state index in [-0.39, 0.29) is 6.42 Å². The van der Waals surface area contributed by atoms with Crippen LogP contribution in [0.4, 0.5) is 10.5 Å². The van der Waals surface area contributed by atoms with E-state index in [1.807, 2.05) is 74.5 Å². The highest BCUT2D eigenvalue weighted by Crippen LogP contribution is 2.30. The number of benzene rings is 3. The number of amides is 3. The van der Waals surface area contributed by atoms with Crippen LogP contribution in [-0.2, 0) is 20.7 Å². The van der Waals surface area contributed by atoms with Gasteiger partial charge in [-0.3, -0.25) is 9.59 Å². The average Bonchev–Trinajstić information content (AvgIpc) is 2.86. The highest BCUT2D eigenvalue weighted by Gasteiger charge is 2.35. The first-order chi connectivity index (χ1) is 18.4. The number of nitrogens with one attached hydrogen (secondary N) is 2. The van der Waals surface area contributed by atoms with Crippen molar-refractivity contribution in [1.82, 2.24) is 10.2 Å². The normalized spacial score (nSPS) is 12.7. The molecule has 0 aliphatic heterocycles. The molecule has 0 heterocycles. The Bertz CT molecular complexity index is 1300. The van der Waals surface area contributed by atoms with Gasteiger partial charge in [0, 0.05) is 13.5 Å². The molecule has 0 radical (unpaired) electrons. The number of carbonyl (C=O) groups excluding carboxylic acids is 3. The number of likely N-dealkylation sites (N-methyl/N-ethyl adjacent to an activating group) is 1. The molecule has 3 amide bonds. The molecule has 3 aromatic rings. The molecule has 206 valence electrons. The summed E-state index contributed by atoms with van der Waals surface area (Å²) in [5.41, 5.74) is 2.88. The third-order valence-electron chi connectivity index (χ3n) is 6.21. The minimum Gasteiger partial charge on any atom is -0.444 e. The molecule has 0 saturated carbocycles. The number of rotatable bonds is 8. The second kappa shape index (κ2) is 12.8. The Kier molecular flexibility index (Phi) is 9.76. The lowest BCUT2D eigenvalue weighted by Gasteiger charge is -2.32. The van der Waals surface area contributed by atoms with Crippen LogP contribution >= 0.6 is 11.6 Å². The summed E-state index contributed by atoms with van der Waals surface area (Å²) < 4.78 is 5.44. The summed E-state index contributed by atoms with van der Waals surface area (Å²) in [6.07, 6.45) is -0.497. The largest absolute Gasteiger partial charge is 0.444 e. The molecular formula is C31H36ClN3O4. The molecule has 0 fully saturated rings. The lowest BCUT2D eigenvalue weighted by molar-refractivity contribution is -0.139. The van der Waals surface area contributed by atoms with Crippen LogP contribution in [0.2, 0.25) is 5.02 Å². The highest BCUT2D eigenvalue weighted by molar-refractivity contribution is 6.34. The van der Waals surface area contributed by atoms with Gasteiger partial charge in [-0.05, 0) is 62.9 Å².